The van der Waals surface area contributed by atoms with Crippen LogP contribution < -0.4 is 0 Å². The molecular weight excluding hydrogens is 275 g/mol. The van der Waals surface area contributed by atoms with Gasteiger partial charge in [0.05, 0.1) is 19.4 Å². The van der Waals surface area contributed by atoms with Crippen molar-refractivity contribution in [1.29, 1.82) is 0 Å². The van der Waals surface area contributed by atoms with Crippen LogP contribution in [0.25, 0.3) is 0 Å². The summed E-state index contributed by atoms with van der Waals surface area (Å²) in [5.74, 6) is 0. The van der Waals surface area contributed by atoms with E-state index in [9.17, 15) is 9.36 Å². The molecule has 0 N–H and O–H groups in total. The van der Waals surface area contributed by atoms with Crippen molar-refractivity contribution in [1.82, 2.24) is 0 Å². The van der Waals surface area contributed by atoms with Gasteiger partial charge < -0.3 is 9.05 Å². The average molecular weight is 291 g/mol. The van der Waals surface area contributed by atoms with Crippen molar-refractivity contribution in [2.45, 2.75) is 20.0 Å². The van der Waals surface area contributed by atoms with E-state index in [4.69, 9.17) is 20.6 Å². The molecule has 0 unspecified atom stereocenters. The van der Waals surface area contributed by atoms with Crippen LogP contribution in [-0.4, -0.2) is 18.5 Å². The van der Waals surface area contributed by atoms with Crippen LogP contribution in [-0.2, 0) is 19.8 Å². The fourth-order valence-electron chi connectivity index (χ4n) is 1.49. The number of hydrogen-bond acceptors (Lipinski definition) is 4. The molecule has 0 heterocycles. The van der Waals surface area contributed by atoms with Gasteiger partial charge in [0, 0.05) is 5.56 Å². The third-order valence-corrected chi connectivity index (χ3v) is 4.48. The highest BCUT2D eigenvalue weighted by Gasteiger charge is 2.23. The summed E-state index contributed by atoms with van der Waals surface area (Å²) in [7, 11) is -3.10. The van der Waals surface area contributed by atoms with Gasteiger partial charge in [-0.1, -0.05) is 12.1 Å². The second-order valence-corrected chi connectivity index (χ2v) is 5.97. The molecule has 1 rings (SSSR count). The minimum Gasteiger partial charge on any atom is -0.309 e. The zero-order valence-corrected chi connectivity index (χ0v) is 12.0. The third-order valence-electron chi connectivity index (χ3n) is 2.21. The molecule has 100 valence electrons. The summed E-state index contributed by atoms with van der Waals surface area (Å²) in [5.41, 5.74) is 1.19. The highest BCUT2D eigenvalue weighted by atomic mass is 35.5. The van der Waals surface area contributed by atoms with Gasteiger partial charge in [0.2, 0.25) is 0 Å². The molecule has 0 saturated heterocycles. The zero-order valence-electron chi connectivity index (χ0n) is 10.4. The Labute approximate surface area is 112 Å². The second-order valence-electron chi connectivity index (χ2n) is 3.58. The van der Waals surface area contributed by atoms with Gasteiger partial charge in [-0.25, -0.2) is 0 Å². The van der Waals surface area contributed by atoms with Gasteiger partial charge in [-0.2, -0.15) is 0 Å². The lowest BCUT2D eigenvalue weighted by molar-refractivity contribution is 0.108. The van der Waals surface area contributed by atoms with Gasteiger partial charge in [0.25, 0.3) is 5.24 Å². The molecule has 0 aliphatic heterocycles. The summed E-state index contributed by atoms with van der Waals surface area (Å²) in [5, 5.41) is -0.514. The molecule has 0 aromatic heterocycles. The van der Waals surface area contributed by atoms with Crippen LogP contribution in [0.1, 0.15) is 29.8 Å². The van der Waals surface area contributed by atoms with E-state index in [0.29, 0.717) is 18.8 Å². The fourth-order valence-corrected chi connectivity index (χ4v) is 3.31. The maximum absolute atomic E-state index is 12.3. The first-order chi connectivity index (χ1) is 8.50. The van der Waals surface area contributed by atoms with Crippen LogP contribution >= 0.6 is 19.2 Å². The number of rotatable bonds is 7. The van der Waals surface area contributed by atoms with Crippen molar-refractivity contribution < 1.29 is 18.4 Å². The molecule has 0 amide bonds. The fraction of sp³-hybridized carbons (Fsp3) is 0.417. The Morgan fingerprint density at radius 2 is 1.67 bits per heavy atom. The van der Waals surface area contributed by atoms with E-state index in [1.54, 1.807) is 38.1 Å². The molecule has 0 aliphatic carbocycles. The molecule has 1 aromatic carbocycles. The molecule has 0 radical (unpaired) electrons. The lowest BCUT2D eigenvalue weighted by atomic mass is 10.2. The quantitative estimate of drug-likeness (QED) is 0.565. The van der Waals surface area contributed by atoms with E-state index in [2.05, 4.69) is 0 Å². The van der Waals surface area contributed by atoms with Crippen molar-refractivity contribution in [3.63, 3.8) is 0 Å². The Hall–Kier alpha value is -0.670. The van der Waals surface area contributed by atoms with Crippen molar-refractivity contribution in [2.24, 2.45) is 0 Å². The monoisotopic (exact) mass is 290 g/mol. The Morgan fingerprint density at radius 3 is 2.06 bits per heavy atom. The van der Waals surface area contributed by atoms with E-state index >= 15 is 0 Å². The predicted molar refractivity (Wildman–Crippen MR) is 71.2 cm³/mol. The molecule has 6 heteroatoms. The largest absolute Gasteiger partial charge is 0.335 e. The molecule has 4 nitrogen and oxygen atoms in total. The predicted octanol–water partition coefficient (Wildman–Crippen LogP) is 3.83. The standard InChI is InChI=1S/C12H16ClO4P/c1-3-16-18(15,17-4-2)9-10-5-7-11(8-6-10)12(13)14/h5-8H,3-4,9H2,1-2H3. The molecule has 0 atom stereocenters. The van der Waals surface area contributed by atoms with Crippen LogP contribution in [0.15, 0.2) is 24.3 Å². The summed E-state index contributed by atoms with van der Waals surface area (Å²) >= 11 is 5.34. The summed E-state index contributed by atoms with van der Waals surface area (Å²) in [4.78, 5) is 10.9. The van der Waals surface area contributed by atoms with Crippen LogP contribution in [0.5, 0.6) is 0 Å². The first kappa shape index (κ1) is 15.4. The molecule has 1 aromatic rings. The van der Waals surface area contributed by atoms with Crippen LogP contribution in [0.4, 0.5) is 0 Å². The number of carbonyl (C=O) groups is 1. The Balaban J connectivity index is 2.81. The van der Waals surface area contributed by atoms with Crippen LogP contribution in [0.3, 0.4) is 0 Å². The molecule has 0 fully saturated rings. The Bertz CT molecular complexity index is 434. The van der Waals surface area contributed by atoms with Gasteiger partial charge in [0.1, 0.15) is 0 Å². The summed E-state index contributed by atoms with van der Waals surface area (Å²) in [6, 6.07) is 6.57. The van der Waals surface area contributed by atoms with Gasteiger partial charge in [-0.3, -0.25) is 9.36 Å². The van der Waals surface area contributed by atoms with Crippen LogP contribution in [0, 0.1) is 0 Å². The topological polar surface area (TPSA) is 52.6 Å². The maximum Gasteiger partial charge on any atom is 0.335 e. The minimum atomic E-state index is -3.10. The van der Waals surface area contributed by atoms with E-state index < -0.39 is 12.8 Å². The van der Waals surface area contributed by atoms with Crippen LogP contribution in [0.2, 0.25) is 0 Å². The van der Waals surface area contributed by atoms with E-state index in [1.165, 1.54) is 0 Å². The summed E-state index contributed by atoms with van der Waals surface area (Å²) in [6.45, 7) is 4.19. The minimum absolute atomic E-state index is 0.186. The molecule has 0 saturated carbocycles. The van der Waals surface area contributed by atoms with Gasteiger partial charge in [0.15, 0.2) is 0 Å². The molecule has 18 heavy (non-hydrogen) atoms. The molecular formula is C12H16ClO4P. The summed E-state index contributed by atoms with van der Waals surface area (Å²) in [6.07, 6.45) is 0.186. The Kier molecular flexibility index (Phi) is 6.03. The highest BCUT2D eigenvalue weighted by Crippen LogP contribution is 2.51. The van der Waals surface area contributed by atoms with Gasteiger partial charge in [-0.05, 0) is 43.1 Å². The number of benzene rings is 1. The number of hydrogen-bond donors (Lipinski definition) is 0. The molecule has 0 aliphatic rings. The third kappa shape index (κ3) is 4.54. The second kappa shape index (κ2) is 7.05. The SMILES string of the molecule is CCOP(=O)(Cc1ccc(C(=O)Cl)cc1)OCC. The summed E-state index contributed by atoms with van der Waals surface area (Å²) < 4.78 is 22.6. The molecule has 0 bridgehead atoms. The average Bonchev–Trinajstić information content (AvgIpc) is 2.30. The maximum atomic E-state index is 12.3. The van der Waals surface area contributed by atoms with E-state index in [1.807, 2.05) is 0 Å². The van der Waals surface area contributed by atoms with Gasteiger partial charge >= 0.3 is 7.60 Å². The van der Waals surface area contributed by atoms with Gasteiger partial charge in [-0.15, -0.1) is 0 Å². The van der Waals surface area contributed by atoms with Crippen molar-refractivity contribution in [3.8, 4) is 0 Å². The van der Waals surface area contributed by atoms with Crippen molar-refractivity contribution in [2.75, 3.05) is 13.2 Å². The highest BCUT2D eigenvalue weighted by molar-refractivity contribution is 7.53. The smallest absolute Gasteiger partial charge is 0.309 e. The van der Waals surface area contributed by atoms with Crippen molar-refractivity contribution in [3.05, 3.63) is 35.4 Å². The zero-order chi connectivity index (χ0) is 13.6. The van der Waals surface area contributed by atoms with E-state index in [0.717, 1.165) is 5.56 Å². The normalized spacial score (nSPS) is 11.5. The molecule has 0 spiro atoms. The van der Waals surface area contributed by atoms with E-state index in [-0.39, 0.29) is 6.16 Å². The first-order valence-corrected chi connectivity index (χ1v) is 7.78. The number of halogens is 1. The Morgan fingerprint density at radius 1 is 1.17 bits per heavy atom. The lowest BCUT2D eigenvalue weighted by Crippen LogP contribution is -1.99. The first-order valence-electron chi connectivity index (χ1n) is 5.67. The van der Waals surface area contributed by atoms with Crippen molar-refractivity contribution >= 4 is 24.4 Å². The lowest BCUT2D eigenvalue weighted by Gasteiger charge is -2.16. The number of carbonyl (C=O) groups excluding carboxylic acids is 1.